The Labute approximate surface area is 83.9 Å². The van der Waals surface area contributed by atoms with E-state index in [-0.39, 0.29) is 4.90 Å². The second kappa shape index (κ2) is 3.89. The first-order valence-electron chi connectivity index (χ1n) is 3.26. The fourth-order valence-electron chi connectivity index (χ4n) is 0.751. The van der Waals surface area contributed by atoms with Gasteiger partial charge in [0, 0.05) is 0 Å². The molecule has 0 radical (unpaired) electrons. The molecule has 0 saturated carbocycles. The molecule has 0 spiro atoms. The standard InChI is InChI=1S/C7H6BrNO3S/c8-7(9-10)13(11,12)6-4-2-1-3-5-6/h1-5,10H/b9-7+. The van der Waals surface area contributed by atoms with E-state index in [1.165, 1.54) is 12.1 Å². The summed E-state index contributed by atoms with van der Waals surface area (Å²) in [6, 6.07) is 7.71. The maximum atomic E-state index is 11.4. The largest absolute Gasteiger partial charge is 0.409 e. The van der Waals surface area contributed by atoms with Gasteiger partial charge in [-0.1, -0.05) is 23.4 Å². The molecule has 70 valence electrons. The molecular weight excluding hydrogens is 258 g/mol. The maximum absolute atomic E-state index is 11.4. The molecule has 0 atom stereocenters. The minimum Gasteiger partial charge on any atom is -0.409 e. The Kier molecular flexibility index (Phi) is 3.05. The summed E-state index contributed by atoms with van der Waals surface area (Å²) in [4.78, 5) is 0.0830. The maximum Gasteiger partial charge on any atom is 0.241 e. The molecule has 0 aromatic heterocycles. The van der Waals surface area contributed by atoms with E-state index in [0.717, 1.165) is 0 Å². The fourth-order valence-corrected chi connectivity index (χ4v) is 2.13. The molecule has 0 aliphatic heterocycles. The number of hydrogen-bond donors (Lipinski definition) is 1. The second-order valence-electron chi connectivity index (χ2n) is 2.17. The number of halogens is 1. The van der Waals surface area contributed by atoms with E-state index in [2.05, 4.69) is 21.1 Å². The molecule has 6 heteroatoms. The molecule has 13 heavy (non-hydrogen) atoms. The van der Waals surface area contributed by atoms with Crippen LogP contribution < -0.4 is 0 Å². The highest BCUT2D eigenvalue weighted by Gasteiger charge is 2.19. The third kappa shape index (κ3) is 2.07. The summed E-state index contributed by atoms with van der Waals surface area (Å²) in [5.41, 5.74) is 0. The predicted octanol–water partition coefficient (Wildman–Crippen LogP) is 1.60. The van der Waals surface area contributed by atoms with Crippen molar-refractivity contribution in [1.82, 2.24) is 0 Å². The molecule has 0 bridgehead atoms. The van der Waals surface area contributed by atoms with Crippen molar-refractivity contribution >= 4 is 29.7 Å². The van der Waals surface area contributed by atoms with Gasteiger partial charge in [-0.2, -0.15) is 0 Å². The number of nitrogens with zero attached hydrogens (tertiary/aromatic N) is 1. The summed E-state index contributed by atoms with van der Waals surface area (Å²) < 4.78 is 22.4. The molecule has 0 unspecified atom stereocenters. The molecule has 1 rings (SSSR count). The Morgan fingerprint density at radius 2 is 1.85 bits per heavy atom. The van der Waals surface area contributed by atoms with Crippen LogP contribution in [0.5, 0.6) is 0 Å². The molecule has 0 saturated heterocycles. The molecule has 4 nitrogen and oxygen atoms in total. The van der Waals surface area contributed by atoms with Crippen LogP contribution in [0.25, 0.3) is 0 Å². The minimum absolute atomic E-state index is 0.0830. The highest BCUT2D eigenvalue weighted by molar-refractivity contribution is 9.21. The second-order valence-corrected chi connectivity index (χ2v) is 5.31. The molecule has 0 heterocycles. The van der Waals surface area contributed by atoms with Gasteiger partial charge in [0.2, 0.25) is 13.8 Å². The smallest absolute Gasteiger partial charge is 0.241 e. The quantitative estimate of drug-likeness (QED) is 0.362. The zero-order chi connectivity index (χ0) is 9.90. The normalized spacial score (nSPS) is 12.8. The van der Waals surface area contributed by atoms with Gasteiger partial charge in [0.05, 0.1) is 4.90 Å². The van der Waals surface area contributed by atoms with Crippen molar-refractivity contribution in [3.05, 3.63) is 30.3 Å². The number of oxime groups is 1. The SMILES string of the molecule is O=S(=O)(/C(Br)=N/O)c1ccccc1. The highest BCUT2D eigenvalue weighted by Crippen LogP contribution is 2.14. The van der Waals surface area contributed by atoms with Gasteiger partial charge in [-0.05, 0) is 28.1 Å². The van der Waals surface area contributed by atoms with Crippen LogP contribution >= 0.6 is 15.9 Å². The van der Waals surface area contributed by atoms with E-state index < -0.39 is 13.8 Å². The zero-order valence-electron chi connectivity index (χ0n) is 6.38. The number of benzene rings is 1. The fraction of sp³-hybridized carbons (Fsp3) is 0. The minimum atomic E-state index is -3.67. The van der Waals surface area contributed by atoms with Crippen molar-refractivity contribution in [3.63, 3.8) is 0 Å². The van der Waals surface area contributed by atoms with Gasteiger partial charge in [0.25, 0.3) is 0 Å². The molecule has 0 aliphatic carbocycles. The Bertz CT molecular complexity index is 413. The van der Waals surface area contributed by atoms with E-state index in [0.29, 0.717) is 0 Å². The lowest BCUT2D eigenvalue weighted by Crippen LogP contribution is -2.08. The summed E-state index contributed by atoms with van der Waals surface area (Å²) in [5.74, 6) is 0. The van der Waals surface area contributed by atoms with Crippen molar-refractivity contribution in [2.45, 2.75) is 4.90 Å². The first-order chi connectivity index (χ1) is 6.09. The van der Waals surface area contributed by atoms with Crippen molar-refractivity contribution in [1.29, 1.82) is 0 Å². The lowest BCUT2D eigenvalue weighted by molar-refractivity contribution is 0.322. The molecular formula is C7H6BrNO3S. The Morgan fingerprint density at radius 3 is 2.31 bits per heavy atom. The molecule has 0 aliphatic rings. The van der Waals surface area contributed by atoms with Crippen molar-refractivity contribution in [2.75, 3.05) is 0 Å². The molecule has 1 aromatic rings. The van der Waals surface area contributed by atoms with Gasteiger partial charge in [-0.15, -0.1) is 0 Å². The highest BCUT2D eigenvalue weighted by atomic mass is 79.9. The van der Waals surface area contributed by atoms with Gasteiger partial charge in [0.15, 0.2) is 0 Å². The average Bonchev–Trinajstić information content (AvgIpc) is 2.18. The van der Waals surface area contributed by atoms with Gasteiger partial charge >= 0.3 is 0 Å². The van der Waals surface area contributed by atoms with Crippen molar-refractivity contribution < 1.29 is 13.6 Å². The monoisotopic (exact) mass is 263 g/mol. The summed E-state index contributed by atoms with van der Waals surface area (Å²) in [6.07, 6.45) is 0. The number of rotatable bonds is 1. The van der Waals surface area contributed by atoms with Crippen LogP contribution in [0.15, 0.2) is 40.4 Å². The number of hydrogen-bond acceptors (Lipinski definition) is 4. The average molecular weight is 264 g/mol. The van der Waals surface area contributed by atoms with Gasteiger partial charge < -0.3 is 5.21 Å². The predicted molar refractivity (Wildman–Crippen MR) is 51.8 cm³/mol. The Morgan fingerprint density at radius 1 is 1.31 bits per heavy atom. The third-order valence-electron chi connectivity index (χ3n) is 1.35. The van der Waals surface area contributed by atoms with Crippen LogP contribution in [0.4, 0.5) is 0 Å². The van der Waals surface area contributed by atoms with Crippen LogP contribution in [-0.4, -0.2) is 17.6 Å². The summed E-state index contributed by atoms with van der Waals surface area (Å²) in [6.45, 7) is 0. The van der Waals surface area contributed by atoms with Crippen molar-refractivity contribution in [2.24, 2.45) is 5.16 Å². The third-order valence-corrected chi connectivity index (χ3v) is 4.21. The number of sulfone groups is 1. The molecule has 1 N–H and O–H groups in total. The summed E-state index contributed by atoms with van der Waals surface area (Å²) in [7, 11) is -3.67. The van der Waals surface area contributed by atoms with E-state index in [1.54, 1.807) is 18.2 Å². The Balaban J connectivity index is 3.25. The van der Waals surface area contributed by atoms with Crippen LogP contribution in [0.3, 0.4) is 0 Å². The Hall–Kier alpha value is -0.880. The van der Waals surface area contributed by atoms with Crippen LogP contribution in [0.1, 0.15) is 0 Å². The van der Waals surface area contributed by atoms with E-state index in [4.69, 9.17) is 5.21 Å². The van der Waals surface area contributed by atoms with Gasteiger partial charge in [-0.25, -0.2) is 8.42 Å². The van der Waals surface area contributed by atoms with Gasteiger partial charge in [-0.3, -0.25) is 0 Å². The van der Waals surface area contributed by atoms with E-state index in [9.17, 15) is 8.42 Å². The lowest BCUT2D eigenvalue weighted by atomic mass is 10.4. The molecule has 0 amide bonds. The first kappa shape index (κ1) is 10.2. The summed E-state index contributed by atoms with van der Waals surface area (Å²) in [5, 5.41) is 10.9. The van der Waals surface area contributed by atoms with Gasteiger partial charge in [0.1, 0.15) is 0 Å². The van der Waals surface area contributed by atoms with Crippen LogP contribution in [0, 0.1) is 0 Å². The van der Waals surface area contributed by atoms with E-state index in [1.807, 2.05) is 0 Å². The zero-order valence-corrected chi connectivity index (χ0v) is 8.79. The van der Waals surface area contributed by atoms with E-state index >= 15 is 0 Å². The summed E-state index contributed by atoms with van der Waals surface area (Å²) >= 11 is 2.65. The topological polar surface area (TPSA) is 66.7 Å². The lowest BCUT2D eigenvalue weighted by Gasteiger charge is -1.98. The molecule has 0 fully saturated rings. The van der Waals surface area contributed by atoms with Crippen molar-refractivity contribution in [3.8, 4) is 0 Å². The van der Waals surface area contributed by atoms with Crippen LogP contribution in [0.2, 0.25) is 0 Å². The van der Waals surface area contributed by atoms with Crippen LogP contribution in [-0.2, 0) is 9.84 Å². The molecule has 1 aromatic carbocycles. The first-order valence-corrected chi connectivity index (χ1v) is 5.54.